The number of carbonyl (C=O) groups excluding carboxylic acids is 4. The normalized spacial score (nSPS) is 14.8. The Morgan fingerprint density at radius 1 is 0.818 bits per heavy atom. The molecule has 4 aromatic carbocycles. The van der Waals surface area contributed by atoms with Crippen molar-refractivity contribution in [2.24, 2.45) is 0 Å². The topological polar surface area (TPSA) is 182 Å². The maximum absolute atomic E-state index is 14.7. The van der Waals surface area contributed by atoms with E-state index in [0.717, 1.165) is 22.3 Å². The van der Waals surface area contributed by atoms with E-state index in [0.29, 0.717) is 5.69 Å². The maximum Gasteiger partial charge on any atom is 0.408 e. The standard InChI is InChI=1S/C50H58N6O10/c1-49(2,3)66-34-41(52-48(62)65-33-36-18-10-6-11-19-36)46(60)54(32-45(63-4)64-5)30-43(57)56-27-26-53(31-44(58)59)47(61)42(56)28-40-29-55(35-51-40)50(37-20-12-7-13-21-37,38-22-14-8-15-23-38)39-24-16-9-17-25-39/h6-25,29,35,41-42,45H,26-28,30-34H2,1-5H3,(H,52,62)(H,58,59)/t41-,42-/m0/s1. The molecule has 16 nitrogen and oxygen atoms in total. The van der Waals surface area contributed by atoms with Gasteiger partial charge in [0.1, 0.15) is 37.3 Å². The van der Waals surface area contributed by atoms with E-state index in [9.17, 15) is 29.1 Å². The zero-order valence-corrected chi connectivity index (χ0v) is 37.9. The molecule has 16 heteroatoms. The largest absolute Gasteiger partial charge is 0.480 e. The van der Waals surface area contributed by atoms with Crippen LogP contribution in [0.2, 0.25) is 0 Å². The molecule has 1 fully saturated rings. The predicted molar refractivity (Wildman–Crippen MR) is 244 cm³/mol. The number of ether oxygens (including phenoxy) is 4. The second-order valence-electron chi connectivity index (χ2n) is 16.8. The number of hydrogen-bond donors (Lipinski definition) is 2. The summed E-state index contributed by atoms with van der Waals surface area (Å²) in [5, 5.41) is 12.4. The molecular weight excluding hydrogens is 845 g/mol. The van der Waals surface area contributed by atoms with Gasteiger partial charge in [-0.2, -0.15) is 0 Å². The number of nitrogens with one attached hydrogen (secondary N) is 1. The fourth-order valence-electron chi connectivity index (χ4n) is 8.04. The third-order valence-electron chi connectivity index (χ3n) is 11.2. The van der Waals surface area contributed by atoms with Crippen molar-refractivity contribution in [2.45, 2.75) is 63.3 Å². The number of imidazole rings is 1. The van der Waals surface area contributed by atoms with Crippen molar-refractivity contribution in [1.82, 2.24) is 29.6 Å². The lowest BCUT2D eigenvalue weighted by Gasteiger charge is -2.41. The Labute approximate surface area is 385 Å². The highest BCUT2D eigenvalue weighted by Crippen LogP contribution is 2.41. The van der Waals surface area contributed by atoms with Crippen molar-refractivity contribution in [3.8, 4) is 0 Å². The SMILES string of the molecule is COC(CN(CC(=O)N1CCN(CC(=O)O)C(=O)[C@@H]1Cc1cn(C(c2ccccc2)(c2ccccc2)c2ccccc2)cn1)C(=O)[C@H](COC(C)(C)C)NC(=O)OCc1ccccc1)OC. The average Bonchev–Trinajstić information content (AvgIpc) is 3.79. The number of carbonyl (C=O) groups is 5. The van der Waals surface area contributed by atoms with Crippen LogP contribution in [-0.4, -0.2) is 137 Å². The molecular formula is C50H58N6O10. The number of rotatable bonds is 20. The minimum atomic E-state index is -1.32. The Morgan fingerprint density at radius 2 is 1.36 bits per heavy atom. The number of benzene rings is 4. The first-order valence-electron chi connectivity index (χ1n) is 21.7. The number of aliphatic carboxylic acids is 1. The Balaban J connectivity index is 1.33. The van der Waals surface area contributed by atoms with Crippen LogP contribution >= 0.6 is 0 Å². The molecule has 2 atom stereocenters. The first kappa shape index (κ1) is 48.6. The highest BCUT2D eigenvalue weighted by Gasteiger charge is 2.42. The molecule has 1 saturated heterocycles. The highest BCUT2D eigenvalue weighted by atomic mass is 16.7. The molecule has 348 valence electrons. The molecule has 0 radical (unpaired) electrons. The lowest BCUT2D eigenvalue weighted by atomic mass is 9.77. The number of nitrogens with zero attached hydrogens (tertiary/aromatic N) is 5. The summed E-state index contributed by atoms with van der Waals surface area (Å²) in [6.07, 6.45) is 1.60. The smallest absolute Gasteiger partial charge is 0.408 e. The van der Waals surface area contributed by atoms with Gasteiger partial charge in [-0.3, -0.25) is 19.2 Å². The van der Waals surface area contributed by atoms with E-state index in [4.69, 9.17) is 23.9 Å². The molecule has 0 spiro atoms. The fourth-order valence-corrected chi connectivity index (χ4v) is 8.04. The Hall–Kier alpha value is -6.88. The second kappa shape index (κ2) is 22.3. The molecule has 0 saturated carbocycles. The molecule has 1 aromatic heterocycles. The van der Waals surface area contributed by atoms with Gasteiger partial charge in [-0.05, 0) is 43.0 Å². The zero-order chi connectivity index (χ0) is 47.3. The van der Waals surface area contributed by atoms with Gasteiger partial charge in [0, 0.05) is 39.9 Å². The van der Waals surface area contributed by atoms with Gasteiger partial charge in [0.05, 0.1) is 30.8 Å². The van der Waals surface area contributed by atoms with Gasteiger partial charge in [-0.1, -0.05) is 121 Å². The van der Waals surface area contributed by atoms with Crippen molar-refractivity contribution < 1.29 is 48.0 Å². The number of aromatic nitrogens is 2. The van der Waals surface area contributed by atoms with Gasteiger partial charge in [0.25, 0.3) is 0 Å². The molecule has 6 rings (SSSR count). The summed E-state index contributed by atoms with van der Waals surface area (Å²) < 4.78 is 24.3. The Morgan fingerprint density at radius 3 is 1.88 bits per heavy atom. The monoisotopic (exact) mass is 902 g/mol. The van der Waals surface area contributed by atoms with Crippen molar-refractivity contribution >= 4 is 29.8 Å². The minimum absolute atomic E-state index is 0.0359. The van der Waals surface area contributed by atoms with Crippen LogP contribution < -0.4 is 5.32 Å². The van der Waals surface area contributed by atoms with Crippen molar-refractivity contribution in [1.29, 1.82) is 0 Å². The van der Waals surface area contributed by atoms with Crippen LogP contribution in [0, 0.1) is 0 Å². The summed E-state index contributed by atoms with van der Waals surface area (Å²) in [6, 6.07) is 36.4. The van der Waals surface area contributed by atoms with Gasteiger partial charge in [0.2, 0.25) is 17.7 Å². The van der Waals surface area contributed by atoms with Crippen molar-refractivity contribution in [3.63, 3.8) is 0 Å². The van der Waals surface area contributed by atoms with E-state index >= 15 is 0 Å². The first-order chi connectivity index (χ1) is 31.7. The molecule has 1 aliphatic heterocycles. The van der Waals surface area contributed by atoms with Gasteiger partial charge in [-0.25, -0.2) is 9.78 Å². The number of alkyl carbamates (subject to hydrolysis) is 1. The molecule has 0 unspecified atom stereocenters. The van der Waals surface area contributed by atoms with Crippen LogP contribution in [0.25, 0.3) is 0 Å². The molecule has 4 amide bonds. The van der Waals surface area contributed by atoms with Crippen molar-refractivity contribution in [2.75, 3.05) is 53.6 Å². The van der Waals surface area contributed by atoms with Gasteiger partial charge in [0.15, 0.2) is 6.29 Å². The van der Waals surface area contributed by atoms with E-state index in [1.807, 2.05) is 120 Å². The van der Waals surface area contributed by atoms with Gasteiger partial charge in [-0.15, -0.1) is 0 Å². The van der Waals surface area contributed by atoms with Crippen LogP contribution in [0.3, 0.4) is 0 Å². The number of carboxylic acids is 1. The minimum Gasteiger partial charge on any atom is -0.480 e. The maximum atomic E-state index is 14.7. The molecule has 5 aromatic rings. The molecule has 1 aliphatic rings. The van der Waals surface area contributed by atoms with Crippen LogP contribution in [0.5, 0.6) is 0 Å². The third kappa shape index (κ3) is 12.1. The molecule has 2 heterocycles. The van der Waals surface area contributed by atoms with Crippen LogP contribution in [-0.2, 0) is 56.7 Å². The first-order valence-corrected chi connectivity index (χ1v) is 21.7. The molecule has 2 N–H and O–H groups in total. The number of hydrogen-bond acceptors (Lipinski definition) is 10. The van der Waals surface area contributed by atoms with Crippen molar-refractivity contribution in [3.05, 3.63) is 162 Å². The van der Waals surface area contributed by atoms with E-state index < -0.39 is 72.4 Å². The van der Waals surface area contributed by atoms with Crippen LogP contribution in [0.1, 0.15) is 48.7 Å². The summed E-state index contributed by atoms with van der Waals surface area (Å²) in [7, 11) is 2.77. The Kier molecular flexibility index (Phi) is 16.4. The highest BCUT2D eigenvalue weighted by molar-refractivity contribution is 5.94. The van der Waals surface area contributed by atoms with Gasteiger partial charge >= 0.3 is 12.1 Å². The predicted octanol–water partition coefficient (Wildman–Crippen LogP) is 4.95. The third-order valence-corrected chi connectivity index (χ3v) is 11.2. The Bertz CT molecular complexity index is 2280. The summed E-state index contributed by atoms with van der Waals surface area (Å²) in [6.45, 7) is 3.58. The van der Waals surface area contributed by atoms with E-state index in [1.54, 1.807) is 39.2 Å². The fraction of sp³-hybridized carbons (Fsp3) is 0.360. The van der Waals surface area contributed by atoms with Gasteiger partial charge < -0.3 is 48.6 Å². The quantitative estimate of drug-likeness (QED) is 0.0797. The molecule has 0 bridgehead atoms. The lowest BCUT2D eigenvalue weighted by Crippen LogP contribution is -2.62. The number of amides is 4. The van der Waals surface area contributed by atoms with E-state index in [-0.39, 0.29) is 39.3 Å². The summed E-state index contributed by atoms with van der Waals surface area (Å²) in [5.74, 6) is -3.11. The summed E-state index contributed by atoms with van der Waals surface area (Å²) in [5.41, 5.74) is 2.42. The second-order valence-corrected chi connectivity index (χ2v) is 16.8. The average molecular weight is 903 g/mol. The lowest BCUT2D eigenvalue weighted by molar-refractivity contribution is -0.160. The van der Waals surface area contributed by atoms with Crippen LogP contribution in [0.15, 0.2) is 134 Å². The van der Waals surface area contributed by atoms with E-state index in [1.165, 1.54) is 28.9 Å². The number of piperazine rings is 1. The summed E-state index contributed by atoms with van der Waals surface area (Å²) in [4.78, 5) is 77.3. The number of methoxy groups -OCH3 is 2. The molecule has 66 heavy (non-hydrogen) atoms. The zero-order valence-electron chi connectivity index (χ0n) is 37.9. The summed E-state index contributed by atoms with van der Waals surface area (Å²) >= 11 is 0. The van der Waals surface area contributed by atoms with E-state index in [2.05, 4.69) is 5.32 Å². The van der Waals surface area contributed by atoms with Crippen LogP contribution in [0.4, 0.5) is 4.79 Å². The number of carboxylic acid groups (broad SMARTS) is 1. The molecule has 0 aliphatic carbocycles.